The third-order valence-corrected chi connectivity index (χ3v) is 4.58. The lowest BCUT2D eigenvalue weighted by Crippen LogP contribution is -2.52. The molecule has 3 nitrogen and oxygen atoms in total. The first-order valence-electron chi connectivity index (χ1n) is 7.50. The molecule has 0 unspecified atom stereocenters. The minimum Gasteiger partial charge on any atom is -0.481 e. The number of ether oxygens (including phenoxy) is 2. The molecule has 1 aliphatic heterocycles. The lowest BCUT2D eigenvalue weighted by Gasteiger charge is -2.41. The fourth-order valence-electron chi connectivity index (χ4n) is 2.75. The molecule has 1 fully saturated rings. The molecule has 0 amide bonds. The summed E-state index contributed by atoms with van der Waals surface area (Å²) in [6.45, 7) is 4.44. The number of para-hydroxylation sites is 1. The van der Waals surface area contributed by atoms with E-state index < -0.39 is 5.60 Å². The maximum absolute atomic E-state index is 6.36. The monoisotopic (exact) mass is 359 g/mol. The van der Waals surface area contributed by atoms with Gasteiger partial charge < -0.3 is 14.8 Å². The van der Waals surface area contributed by atoms with Crippen molar-refractivity contribution in [3.63, 3.8) is 0 Å². The van der Waals surface area contributed by atoms with Gasteiger partial charge >= 0.3 is 0 Å². The van der Waals surface area contributed by atoms with Crippen LogP contribution in [-0.2, 0) is 4.74 Å². The molecular weight excluding hydrogens is 339 g/mol. The maximum Gasteiger partial charge on any atom is 0.154 e. The van der Waals surface area contributed by atoms with E-state index in [2.05, 4.69) is 40.3 Å². The normalized spacial score (nSPS) is 23.0. The van der Waals surface area contributed by atoms with Crippen LogP contribution in [0.4, 0.5) is 0 Å². The van der Waals surface area contributed by atoms with Gasteiger partial charge in [-0.2, -0.15) is 0 Å². The van der Waals surface area contributed by atoms with Crippen LogP contribution in [0, 0.1) is 0 Å². The molecular formula is C18H20BrNO2. The van der Waals surface area contributed by atoms with Crippen LogP contribution < -0.4 is 10.1 Å². The Morgan fingerprint density at radius 1 is 1.14 bits per heavy atom. The van der Waals surface area contributed by atoms with Crippen LogP contribution >= 0.6 is 15.9 Å². The SMILES string of the molecule is C[C@@]1([C@@H](Oc2ccccc2[77Br])c2ccccc2)CNCCO1. The van der Waals surface area contributed by atoms with E-state index in [9.17, 15) is 0 Å². The summed E-state index contributed by atoms with van der Waals surface area (Å²) >= 11 is 3.56. The molecule has 0 aliphatic carbocycles. The number of rotatable bonds is 4. The van der Waals surface area contributed by atoms with Gasteiger partial charge in [-0.15, -0.1) is 0 Å². The highest BCUT2D eigenvalue weighted by Gasteiger charge is 2.40. The zero-order chi connectivity index (χ0) is 15.4. The Hall–Kier alpha value is -1.36. The van der Waals surface area contributed by atoms with Crippen molar-refractivity contribution in [2.45, 2.75) is 18.6 Å². The summed E-state index contributed by atoms with van der Waals surface area (Å²) in [5, 5.41) is 3.41. The lowest BCUT2D eigenvalue weighted by molar-refractivity contribution is -0.119. The molecule has 1 saturated heterocycles. The molecule has 1 aliphatic rings. The highest BCUT2D eigenvalue weighted by Crippen LogP contribution is 2.37. The van der Waals surface area contributed by atoms with E-state index in [4.69, 9.17) is 9.47 Å². The molecule has 22 heavy (non-hydrogen) atoms. The summed E-state index contributed by atoms with van der Waals surface area (Å²) < 4.78 is 13.4. The average molecular weight is 359 g/mol. The van der Waals surface area contributed by atoms with Gasteiger partial charge in [-0.05, 0) is 40.5 Å². The summed E-state index contributed by atoms with van der Waals surface area (Å²) in [4.78, 5) is 0. The van der Waals surface area contributed by atoms with Gasteiger partial charge in [0.05, 0.1) is 11.1 Å². The van der Waals surface area contributed by atoms with E-state index in [1.54, 1.807) is 0 Å². The Balaban J connectivity index is 1.94. The Bertz CT molecular complexity index is 611. The standard InChI is InChI=1S/C18H20BrNO2/c1-18(13-20-11-12-21-18)17(14-7-3-2-4-8-14)22-16-10-6-5-9-15(16)19/h2-10,17,20H,11-13H2,1H3/t17-,18-/m0/s1/i19-3. The molecule has 1 heterocycles. The van der Waals surface area contributed by atoms with Gasteiger partial charge in [0.15, 0.2) is 6.10 Å². The fraction of sp³-hybridized carbons (Fsp3) is 0.333. The number of hydrogen-bond donors (Lipinski definition) is 1. The summed E-state index contributed by atoms with van der Waals surface area (Å²) in [5.74, 6) is 0.826. The minimum absolute atomic E-state index is 0.180. The molecule has 0 spiro atoms. The van der Waals surface area contributed by atoms with Gasteiger partial charge in [0.1, 0.15) is 11.4 Å². The Morgan fingerprint density at radius 3 is 2.55 bits per heavy atom. The predicted octanol–water partition coefficient (Wildman–Crippen LogP) is 3.95. The molecule has 0 bridgehead atoms. The number of nitrogens with one attached hydrogen (secondary N) is 1. The molecule has 1 N–H and O–H groups in total. The molecule has 0 aromatic heterocycles. The van der Waals surface area contributed by atoms with Crippen LogP contribution in [0.2, 0.25) is 0 Å². The zero-order valence-corrected chi connectivity index (χ0v) is 14.2. The number of hydrogen-bond acceptors (Lipinski definition) is 3. The van der Waals surface area contributed by atoms with E-state index in [0.29, 0.717) is 6.61 Å². The smallest absolute Gasteiger partial charge is 0.154 e. The third kappa shape index (κ3) is 3.35. The molecule has 0 radical (unpaired) electrons. The first-order chi connectivity index (χ1) is 10.7. The third-order valence-electron chi connectivity index (χ3n) is 3.93. The van der Waals surface area contributed by atoms with Crippen LogP contribution in [0.5, 0.6) is 5.75 Å². The minimum atomic E-state index is -0.408. The van der Waals surface area contributed by atoms with Crippen molar-refractivity contribution in [1.82, 2.24) is 5.32 Å². The van der Waals surface area contributed by atoms with Crippen LogP contribution in [0.3, 0.4) is 0 Å². The van der Waals surface area contributed by atoms with Crippen molar-refractivity contribution in [3.8, 4) is 5.75 Å². The summed E-state index contributed by atoms with van der Waals surface area (Å²) in [6.07, 6.45) is -0.180. The second kappa shape index (κ2) is 6.82. The Labute approximate surface area is 139 Å². The van der Waals surface area contributed by atoms with Crippen LogP contribution in [0.25, 0.3) is 0 Å². The number of morpholine rings is 1. The Morgan fingerprint density at radius 2 is 1.86 bits per heavy atom. The quantitative estimate of drug-likeness (QED) is 0.897. The van der Waals surface area contributed by atoms with Gasteiger partial charge in [-0.3, -0.25) is 0 Å². The summed E-state index contributed by atoms with van der Waals surface area (Å²) in [6, 6.07) is 18.2. The van der Waals surface area contributed by atoms with Crippen molar-refractivity contribution in [1.29, 1.82) is 0 Å². The lowest BCUT2D eigenvalue weighted by atomic mass is 9.91. The van der Waals surface area contributed by atoms with Crippen molar-refractivity contribution < 1.29 is 9.47 Å². The van der Waals surface area contributed by atoms with E-state index >= 15 is 0 Å². The predicted molar refractivity (Wildman–Crippen MR) is 91.2 cm³/mol. The first-order valence-corrected chi connectivity index (χ1v) is 8.29. The van der Waals surface area contributed by atoms with Gasteiger partial charge in [-0.1, -0.05) is 42.5 Å². The second-order valence-electron chi connectivity index (χ2n) is 5.68. The number of halogens is 1. The van der Waals surface area contributed by atoms with Crippen molar-refractivity contribution >= 4 is 15.9 Å². The van der Waals surface area contributed by atoms with E-state index in [-0.39, 0.29) is 6.10 Å². The second-order valence-corrected chi connectivity index (χ2v) is 6.53. The van der Waals surface area contributed by atoms with Crippen molar-refractivity contribution in [2.75, 3.05) is 19.7 Å². The molecule has 2 atom stereocenters. The highest BCUT2D eigenvalue weighted by atomic mass is 76.9. The van der Waals surface area contributed by atoms with E-state index in [1.165, 1.54) is 0 Å². The molecule has 3 rings (SSSR count). The Kier molecular flexibility index (Phi) is 4.81. The van der Waals surface area contributed by atoms with Gasteiger partial charge in [-0.25, -0.2) is 0 Å². The molecule has 2 aromatic carbocycles. The largest absolute Gasteiger partial charge is 0.481 e. The van der Waals surface area contributed by atoms with Crippen LogP contribution in [0.1, 0.15) is 18.6 Å². The maximum atomic E-state index is 6.36. The topological polar surface area (TPSA) is 30.5 Å². The zero-order valence-electron chi connectivity index (χ0n) is 12.6. The van der Waals surface area contributed by atoms with Gasteiger partial charge in [0, 0.05) is 13.1 Å². The van der Waals surface area contributed by atoms with Crippen molar-refractivity contribution in [2.24, 2.45) is 0 Å². The van der Waals surface area contributed by atoms with E-state index in [1.807, 2.05) is 42.5 Å². The molecule has 116 valence electrons. The van der Waals surface area contributed by atoms with Crippen molar-refractivity contribution in [3.05, 3.63) is 64.6 Å². The first kappa shape index (κ1) is 15.5. The molecule has 0 saturated carbocycles. The average Bonchev–Trinajstić information content (AvgIpc) is 2.55. The van der Waals surface area contributed by atoms with Gasteiger partial charge in [0.25, 0.3) is 0 Å². The van der Waals surface area contributed by atoms with E-state index in [0.717, 1.165) is 28.9 Å². The molecule has 2 aromatic rings. The fourth-order valence-corrected chi connectivity index (χ4v) is 3.13. The summed E-state index contributed by atoms with van der Waals surface area (Å²) in [5.41, 5.74) is 0.707. The van der Waals surface area contributed by atoms with Crippen LogP contribution in [-0.4, -0.2) is 25.3 Å². The molecule has 4 heteroatoms. The summed E-state index contributed by atoms with van der Waals surface area (Å²) in [7, 11) is 0. The van der Waals surface area contributed by atoms with Gasteiger partial charge in [0.2, 0.25) is 0 Å². The van der Waals surface area contributed by atoms with Crippen LogP contribution in [0.15, 0.2) is 59.1 Å². The highest BCUT2D eigenvalue weighted by molar-refractivity contribution is 9.10. The number of benzene rings is 2.